The number of nitrogen functional groups attached to an aromatic ring is 1. The van der Waals surface area contributed by atoms with Gasteiger partial charge in [-0.2, -0.15) is 5.10 Å². The van der Waals surface area contributed by atoms with Gasteiger partial charge in [0.25, 0.3) is 0 Å². The third kappa shape index (κ3) is 1.59. The van der Waals surface area contributed by atoms with Gasteiger partial charge < -0.3 is 5.73 Å². The highest BCUT2D eigenvalue weighted by Crippen LogP contribution is 2.30. The van der Waals surface area contributed by atoms with Crippen molar-refractivity contribution in [2.75, 3.05) is 5.73 Å². The van der Waals surface area contributed by atoms with Gasteiger partial charge >= 0.3 is 0 Å². The molecule has 2 aromatic rings. The fraction of sp³-hybridized carbons (Fsp3) is 0.182. The van der Waals surface area contributed by atoms with Crippen molar-refractivity contribution < 1.29 is 0 Å². The SMILES string of the molecule is Cc1c(Cl)cccc1-c1[nH]nc(N)c1C. The number of H-pyrrole nitrogens is 1. The van der Waals surface area contributed by atoms with Crippen molar-refractivity contribution in [2.45, 2.75) is 13.8 Å². The summed E-state index contributed by atoms with van der Waals surface area (Å²) in [5, 5.41) is 7.65. The third-order valence-electron chi connectivity index (χ3n) is 2.58. The zero-order chi connectivity index (χ0) is 11.0. The van der Waals surface area contributed by atoms with Crippen molar-refractivity contribution in [2.24, 2.45) is 0 Å². The van der Waals surface area contributed by atoms with E-state index in [1.807, 2.05) is 32.0 Å². The molecule has 0 saturated carbocycles. The molecule has 0 fully saturated rings. The first-order valence-electron chi connectivity index (χ1n) is 4.67. The van der Waals surface area contributed by atoms with E-state index >= 15 is 0 Å². The molecule has 3 N–H and O–H groups in total. The predicted octanol–water partition coefficient (Wildman–Crippen LogP) is 2.93. The molecular formula is C11H12ClN3. The number of halogens is 1. The first-order valence-corrected chi connectivity index (χ1v) is 5.05. The molecule has 0 atom stereocenters. The molecule has 0 aliphatic rings. The molecule has 0 aliphatic carbocycles. The van der Waals surface area contributed by atoms with E-state index in [0.717, 1.165) is 27.4 Å². The molecule has 0 aliphatic heterocycles. The van der Waals surface area contributed by atoms with Crippen LogP contribution in [0.5, 0.6) is 0 Å². The van der Waals surface area contributed by atoms with Gasteiger partial charge in [-0.1, -0.05) is 23.7 Å². The number of hydrogen-bond acceptors (Lipinski definition) is 2. The molecule has 0 unspecified atom stereocenters. The smallest absolute Gasteiger partial charge is 0.148 e. The lowest BCUT2D eigenvalue weighted by Gasteiger charge is -2.05. The number of nitrogens with two attached hydrogens (primary N) is 1. The number of benzene rings is 1. The molecule has 3 nitrogen and oxygen atoms in total. The molecule has 0 radical (unpaired) electrons. The van der Waals surface area contributed by atoms with E-state index in [2.05, 4.69) is 10.2 Å². The Balaban J connectivity index is 2.64. The van der Waals surface area contributed by atoms with Crippen LogP contribution in [0.2, 0.25) is 5.02 Å². The molecule has 1 aromatic heterocycles. The minimum Gasteiger partial charge on any atom is -0.382 e. The topological polar surface area (TPSA) is 54.7 Å². The maximum atomic E-state index is 6.06. The monoisotopic (exact) mass is 221 g/mol. The van der Waals surface area contributed by atoms with Gasteiger partial charge in [0.15, 0.2) is 0 Å². The number of nitrogens with zero attached hydrogens (tertiary/aromatic N) is 1. The van der Waals surface area contributed by atoms with Gasteiger partial charge in [0.1, 0.15) is 5.82 Å². The average Bonchev–Trinajstić information content (AvgIpc) is 2.53. The summed E-state index contributed by atoms with van der Waals surface area (Å²) >= 11 is 6.06. The molecule has 0 saturated heterocycles. The summed E-state index contributed by atoms with van der Waals surface area (Å²) in [6.07, 6.45) is 0. The molecule has 2 rings (SSSR count). The Morgan fingerprint density at radius 1 is 1.27 bits per heavy atom. The van der Waals surface area contributed by atoms with Crippen LogP contribution in [-0.2, 0) is 0 Å². The van der Waals surface area contributed by atoms with Crippen LogP contribution in [0.15, 0.2) is 18.2 Å². The maximum absolute atomic E-state index is 6.06. The molecule has 1 aromatic carbocycles. The molecule has 15 heavy (non-hydrogen) atoms. The highest BCUT2D eigenvalue weighted by molar-refractivity contribution is 6.31. The molecule has 78 valence electrons. The minimum absolute atomic E-state index is 0.532. The summed E-state index contributed by atoms with van der Waals surface area (Å²) in [4.78, 5) is 0. The minimum atomic E-state index is 0.532. The molecule has 0 spiro atoms. The number of hydrogen-bond donors (Lipinski definition) is 2. The van der Waals surface area contributed by atoms with Crippen molar-refractivity contribution in [3.05, 3.63) is 34.3 Å². The standard InChI is InChI=1S/C11H12ClN3/c1-6-8(4-3-5-9(6)12)10-7(2)11(13)15-14-10/h3-5H,1-2H3,(H3,13,14,15). The lowest BCUT2D eigenvalue weighted by Crippen LogP contribution is -1.88. The van der Waals surface area contributed by atoms with Crippen molar-refractivity contribution in [1.29, 1.82) is 0 Å². The van der Waals surface area contributed by atoms with Crippen LogP contribution >= 0.6 is 11.6 Å². The van der Waals surface area contributed by atoms with E-state index in [4.69, 9.17) is 17.3 Å². The summed E-state index contributed by atoms with van der Waals surface area (Å²) in [6, 6.07) is 5.79. The lowest BCUT2D eigenvalue weighted by atomic mass is 10.0. The van der Waals surface area contributed by atoms with Crippen molar-refractivity contribution in [3.63, 3.8) is 0 Å². The molecule has 1 heterocycles. The molecule has 0 amide bonds. The van der Waals surface area contributed by atoms with Gasteiger partial charge in [-0.15, -0.1) is 0 Å². The first kappa shape index (κ1) is 10.1. The molecule has 0 bridgehead atoms. The fourth-order valence-corrected chi connectivity index (χ4v) is 1.73. The summed E-state index contributed by atoms with van der Waals surface area (Å²) in [5.41, 5.74) is 9.67. The van der Waals surface area contributed by atoms with Crippen LogP contribution < -0.4 is 5.73 Å². The number of rotatable bonds is 1. The number of aromatic amines is 1. The van der Waals surface area contributed by atoms with E-state index in [1.165, 1.54) is 0 Å². The van der Waals surface area contributed by atoms with Crippen molar-refractivity contribution in [3.8, 4) is 11.3 Å². The van der Waals surface area contributed by atoms with Crippen LogP contribution in [0.25, 0.3) is 11.3 Å². The summed E-state index contributed by atoms with van der Waals surface area (Å²) in [7, 11) is 0. The van der Waals surface area contributed by atoms with E-state index in [-0.39, 0.29) is 0 Å². The molecule has 4 heteroatoms. The highest BCUT2D eigenvalue weighted by atomic mass is 35.5. The fourth-order valence-electron chi connectivity index (χ4n) is 1.55. The van der Waals surface area contributed by atoms with Gasteiger partial charge in [0, 0.05) is 16.1 Å². The number of anilines is 1. The second kappa shape index (κ2) is 3.59. The summed E-state index contributed by atoms with van der Waals surface area (Å²) < 4.78 is 0. The largest absolute Gasteiger partial charge is 0.382 e. The Morgan fingerprint density at radius 2 is 2.00 bits per heavy atom. The van der Waals surface area contributed by atoms with E-state index in [9.17, 15) is 0 Å². The van der Waals surface area contributed by atoms with Crippen LogP contribution in [0.1, 0.15) is 11.1 Å². The van der Waals surface area contributed by atoms with Crippen molar-refractivity contribution in [1.82, 2.24) is 10.2 Å². The summed E-state index contributed by atoms with van der Waals surface area (Å²) in [5.74, 6) is 0.532. The van der Waals surface area contributed by atoms with E-state index in [1.54, 1.807) is 0 Å². The number of nitrogens with one attached hydrogen (secondary N) is 1. The predicted molar refractivity (Wildman–Crippen MR) is 62.9 cm³/mol. The third-order valence-corrected chi connectivity index (χ3v) is 2.99. The van der Waals surface area contributed by atoms with Crippen LogP contribution in [0.4, 0.5) is 5.82 Å². The Bertz CT molecular complexity index is 503. The highest BCUT2D eigenvalue weighted by Gasteiger charge is 2.11. The Labute approximate surface area is 93.3 Å². The second-order valence-electron chi connectivity index (χ2n) is 3.52. The van der Waals surface area contributed by atoms with Gasteiger partial charge in [0.2, 0.25) is 0 Å². The Kier molecular flexibility index (Phi) is 2.40. The van der Waals surface area contributed by atoms with Crippen LogP contribution in [-0.4, -0.2) is 10.2 Å². The molecular weight excluding hydrogens is 210 g/mol. The number of aromatic nitrogens is 2. The van der Waals surface area contributed by atoms with Gasteiger partial charge in [-0.05, 0) is 25.5 Å². The zero-order valence-corrected chi connectivity index (χ0v) is 9.39. The maximum Gasteiger partial charge on any atom is 0.148 e. The normalized spacial score (nSPS) is 10.6. The van der Waals surface area contributed by atoms with Gasteiger partial charge in [0.05, 0.1) is 5.69 Å². The lowest BCUT2D eigenvalue weighted by molar-refractivity contribution is 1.10. The van der Waals surface area contributed by atoms with Gasteiger partial charge in [-0.25, -0.2) is 0 Å². The van der Waals surface area contributed by atoms with Crippen LogP contribution in [0, 0.1) is 13.8 Å². The Hall–Kier alpha value is -1.48. The quantitative estimate of drug-likeness (QED) is 0.778. The van der Waals surface area contributed by atoms with Crippen LogP contribution in [0.3, 0.4) is 0 Å². The summed E-state index contributed by atoms with van der Waals surface area (Å²) in [6.45, 7) is 3.92. The average molecular weight is 222 g/mol. The van der Waals surface area contributed by atoms with E-state index < -0.39 is 0 Å². The second-order valence-corrected chi connectivity index (χ2v) is 3.93. The first-order chi connectivity index (χ1) is 7.11. The zero-order valence-electron chi connectivity index (χ0n) is 8.63. The Morgan fingerprint density at radius 3 is 2.60 bits per heavy atom. The van der Waals surface area contributed by atoms with Gasteiger partial charge in [-0.3, -0.25) is 5.10 Å². The van der Waals surface area contributed by atoms with E-state index in [0.29, 0.717) is 5.82 Å². The van der Waals surface area contributed by atoms with Crippen molar-refractivity contribution >= 4 is 17.4 Å².